The first kappa shape index (κ1) is 14.9. The lowest BCUT2D eigenvalue weighted by Gasteiger charge is -2.08. The summed E-state index contributed by atoms with van der Waals surface area (Å²) < 4.78 is 0. The fourth-order valence-corrected chi connectivity index (χ4v) is 2.02. The van der Waals surface area contributed by atoms with Gasteiger partial charge in [-0.25, -0.2) is 0 Å². The van der Waals surface area contributed by atoms with Gasteiger partial charge in [0.2, 0.25) is 0 Å². The van der Waals surface area contributed by atoms with Crippen LogP contribution in [0.3, 0.4) is 0 Å². The standard InChI is InChI=1S/C13H10BCl2NO3/c15-9-2-4-10(5-3-9)17-13(18)8-1-6-11(14(19)20)12(16)7-8/h1-7,19-20H,(H,17,18). The van der Waals surface area contributed by atoms with Gasteiger partial charge in [0.1, 0.15) is 0 Å². The Morgan fingerprint density at radius 1 is 1.05 bits per heavy atom. The van der Waals surface area contributed by atoms with Crippen molar-refractivity contribution in [1.29, 1.82) is 0 Å². The molecule has 0 unspecified atom stereocenters. The number of halogens is 2. The lowest BCUT2D eigenvalue weighted by atomic mass is 9.80. The summed E-state index contributed by atoms with van der Waals surface area (Å²) in [6, 6.07) is 10.9. The molecule has 0 aliphatic heterocycles. The molecular formula is C13H10BCl2NO3. The number of anilines is 1. The average molecular weight is 310 g/mol. The highest BCUT2D eigenvalue weighted by Gasteiger charge is 2.17. The first-order valence-corrected chi connectivity index (χ1v) is 6.45. The molecule has 0 saturated heterocycles. The van der Waals surface area contributed by atoms with Crippen LogP contribution in [0.1, 0.15) is 10.4 Å². The lowest BCUT2D eigenvalue weighted by Crippen LogP contribution is -2.31. The van der Waals surface area contributed by atoms with Gasteiger partial charge < -0.3 is 15.4 Å². The van der Waals surface area contributed by atoms with Crippen molar-refractivity contribution < 1.29 is 14.8 Å². The van der Waals surface area contributed by atoms with E-state index in [1.165, 1.54) is 18.2 Å². The van der Waals surface area contributed by atoms with Gasteiger partial charge in [0.15, 0.2) is 0 Å². The Morgan fingerprint density at radius 2 is 1.70 bits per heavy atom. The molecule has 0 aliphatic rings. The molecular weight excluding hydrogens is 300 g/mol. The van der Waals surface area contributed by atoms with Gasteiger partial charge in [-0.05, 0) is 36.4 Å². The Hall–Kier alpha value is -1.53. The van der Waals surface area contributed by atoms with Crippen molar-refractivity contribution in [2.24, 2.45) is 0 Å². The van der Waals surface area contributed by atoms with Gasteiger partial charge in [0.05, 0.1) is 0 Å². The molecule has 2 aromatic carbocycles. The van der Waals surface area contributed by atoms with Crippen molar-refractivity contribution in [2.75, 3.05) is 5.32 Å². The van der Waals surface area contributed by atoms with E-state index in [1.54, 1.807) is 24.3 Å². The van der Waals surface area contributed by atoms with E-state index in [0.29, 0.717) is 16.3 Å². The number of hydrogen-bond donors (Lipinski definition) is 3. The molecule has 0 bridgehead atoms. The molecule has 0 heterocycles. The summed E-state index contributed by atoms with van der Waals surface area (Å²) >= 11 is 11.6. The number of benzene rings is 2. The zero-order chi connectivity index (χ0) is 14.7. The van der Waals surface area contributed by atoms with Crippen LogP contribution in [0.15, 0.2) is 42.5 Å². The summed E-state index contributed by atoms with van der Waals surface area (Å²) in [6.07, 6.45) is 0. The van der Waals surface area contributed by atoms with Gasteiger partial charge >= 0.3 is 7.12 Å². The maximum absolute atomic E-state index is 12.0. The highest BCUT2D eigenvalue weighted by atomic mass is 35.5. The number of rotatable bonds is 3. The summed E-state index contributed by atoms with van der Waals surface area (Å²) in [7, 11) is -1.67. The highest BCUT2D eigenvalue weighted by Crippen LogP contribution is 2.15. The van der Waals surface area contributed by atoms with E-state index in [9.17, 15) is 4.79 Å². The van der Waals surface area contributed by atoms with Crippen LogP contribution in [-0.4, -0.2) is 23.1 Å². The van der Waals surface area contributed by atoms with Gasteiger partial charge in [-0.2, -0.15) is 0 Å². The summed E-state index contributed by atoms with van der Waals surface area (Å²) in [6.45, 7) is 0. The van der Waals surface area contributed by atoms with Crippen LogP contribution >= 0.6 is 23.2 Å². The molecule has 0 aliphatic carbocycles. The maximum atomic E-state index is 12.0. The predicted octanol–water partition coefficient (Wildman–Crippen LogP) is 1.93. The summed E-state index contributed by atoms with van der Waals surface area (Å²) in [5.74, 6) is -0.354. The van der Waals surface area contributed by atoms with E-state index in [2.05, 4.69) is 5.32 Å². The SMILES string of the molecule is O=C(Nc1ccc(Cl)cc1)c1ccc(B(O)O)c(Cl)c1. The monoisotopic (exact) mass is 309 g/mol. The second-order valence-electron chi connectivity index (χ2n) is 4.07. The third kappa shape index (κ3) is 3.52. The Labute approximate surface area is 126 Å². The van der Waals surface area contributed by atoms with Crippen molar-refractivity contribution in [2.45, 2.75) is 0 Å². The maximum Gasteiger partial charge on any atom is 0.489 e. The molecule has 0 radical (unpaired) electrons. The topological polar surface area (TPSA) is 69.6 Å². The van der Waals surface area contributed by atoms with E-state index >= 15 is 0 Å². The number of hydrogen-bond acceptors (Lipinski definition) is 3. The van der Waals surface area contributed by atoms with Crippen molar-refractivity contribution in [1.82, 2.24) is 0 Å². The van der Waals surface area contributed by atoms with Gasteiger partial charge in [0.25, 0.3) is 5.91 Å². The molecule has 3 N–H and O–H groups in total. The van der Waals surface area contributed by atoms with Crippen LogP contribution < -0.4 is 10.8 Å². The van der Waals surface area contributed by atoms with Crippen LogP contribution in [0.25, 0.3) is 0 Å². The van der Waals surface area contributed by atoms with E-state index in [-0.39, 0.29) is 16.4 Å². The zero-order valence-electron chi connectivity index (χ0n) is 10.2. The molecule has 0 spiro atoms. The summed E-state index contributed by atoms with van der Waals surface area (Å²) in [5, 5.41) is 21.5. The Kier molecular flexibility index (Phi) is 4.67. The Morgan fingerprint density at radius 3 is 2.25 bits per heavy atom. The van der Waals surface area contributed by atoms with Gasteiger partial charge in [-0.15, -0.1) is 0 Å². The van der Waals surface area contributed by atoms with Crippen molar-refractivity contribution in [3.05, 3.63) is 58.1 Å². The van der Waals surface area contributed by atoms with Gasteiger partial charge in [-0.3, -0.25) is 4.79 Å². The normalized spacial score (nSPS) is 10.2. The predicted molar refractivity (Wildman–Crippen MR) is 80.7 cm³/mol. The van der Waals surface area contributed by atoms with Crippen molar-refractivity contribution >= 4 is 47.4 Å². The first-order chi connectivity index (χ1) is 9.47. The minimum absolute atomic E-state index is 0.115. The lowest BCUT2D eigenvalue weighted by molar-refractivity contribution is 0.102. The van der Waals surface area contributed by atoms with Gasteiger partial charge in [0, 0.05) is 26.8 Å². The summed E-state index contributed by atoms with van der Waals surface area (Å²) in [5.41, 5.74) is 1.06. The molecule has 4 nitrogen and oxygen atoms in total. The third-order valence-electron chi connectivity index (χ3n) is 2.64. The molecule has 1 amide bonds. The number of carbonyl (C=O) groups is 1. The van der Waals surface area contributed by atoms with E-state index < -0.39 is 7.12 Å². The minimum atomic E-state index is -1.67. The van der Waals surface area contributed by atoms with Crippen LogP contribution in [0, 0.1) is 0 Å². The number of nitrogens with one attached hydrogen (secondary N) is 1. The fourth-order valence-electron chi connectivity index (χ4n) is 1.61. The second kappa shape index (κ2) is 6.28. The Bertz CT molecular complexity index is 632. The van der Waals surface area contributed by atoms with Gasteiger partial charge in [-0.1, -0.05) is 29.3 Å². The van der Waals surface area contributed by atoms with Crippen LogP contribution in [0.4, 0.5) is 5.69 Å². The number of amides is 1. The molecule has 0 fully saturated rings. The molecule has 20 heavy (non-hydrogen) atoms. The molecule has 0 saturated carbocycles. The van der Waals surface area contributed by atoms with Crippen LogP contribution in [-0.2, 0) is 0 Å². The molecule has 2 aromatic rings. The molecule has 7 heteroatoms. The molecule has 102 valence electrons. The zero-order valence-corrected chi connectivity index (χ0v) is 11.7. The third-order valence-corrected chi connectivity index (χ3v) is 3.22. The minimum Gasteiger partial charge on any atom is -0.423 e. The quantitative estimate of drug-likeness (QED) is 0.759. The first-order valence-electron chi connectivity index (χ1n) is 5.70. The Balaban J connectivity index is 2.17. The highest BCUT2D eigenvalue weighted by molar-refractivity contribution is 6.62. The molecule has 0 aromatic heterocycles. The van der Waals surface area contributed by atoms with E-state index in [4.69, 9.17) is 33.2 Å². The smallest absolute Gasteiger partial charge is 0.423 e. The average Bonchev–Trinajstić information content (AvgIpc) is 2.40. The number of carbonyl (C=O) groups excluding carboxylic acids is 1. The molecule has 0 atom stereocenters. The van der Waals surface area contributed by atoms with E-state index in [0.717, 1.165) is 0 Å². The largest absolute Gasteiger partial charge is 0.489 e. The van der Waals surface area contributed by atoms with Crippen molar-refractivity contribution in [3.63, 3.8) is 0 Å². The van der Waals surface area contributed by atoms with Crippen LogP contribution in [0.5, 0.6) is 0 Å². The summed E-state index contributed by atoms with van der Waals surface area (Å²) in [4.78, 5) is 12.0. The van der Waals surface area contributed by atoms with E-state index in [1.807, 2.05) is 0 Å². The molecule has 2 rings (SSSR count). The second-order valence-corrected chi connectivity index (χ2v) is 4.91. The van der Waals surface area contributed by atoms with Crippen LogP contribution in [0.2, 0.25) is 10.0 Å². The fraction of sp³-hybridized carbons (Fsp3) is 0. The van der Waals surface area contributed by atoms with Crippen molar-refractivity contribution in [3.8, 4) is 0 Å².